The first-order valence-corrected chi connectivity index (χ1v) is 8.77. The second kappa shape index (κ2) is 7.13. The first-order chi connectivity index (χ1) is 13.1. The number of hydrogen-bond donors (Lipinski definition) is 3. The standard InChI is InChI=1S/C19H16ClN5O2/c1-2-21-19(26)23-13-5-3-4-11(8-13)17-14(10-22-25-17)18-24-15-9-12(20)6-7-16(15)27-18/h3-10H,2H2,1H3,(H,22,25)(H2,21,23,26). The largest absolute Gasteiger partial charge is 0.436 e. The molecule has 0 unspecified atom stereocenters. The van der Waals surface area contributed by atoms with E-state index < -0.39 is 0 Å². The minimum atomic E-state index is -0.257. The van der Waals surface area contributed by atoms with Gasteiger partial charge in [0.15, 0.2) is 5.58 Å². The number of oxazole rings is 1. The number of rotatable bonds is 4. The number of H-pyrrole nitrogens is 1. The number of nitrogens with zero attached hydrogens (tertiary/aromatic N) is 2. The maximum atomic E-state index is 11.7. The number of urea groups is 1. The maximum absolute atomic E-state index is 11.7. The van der Waals surface area contributed by atoms with E-state index in [0.29, 0.717) is 39.9 Å². The van der Waals surface area contributed by atoms with E-state index in [1.54, 1.807) is 24.4 Å². The zero-order valence-electron chi connectivity index (χ0n) is 14.4. The van der Waals surface area contributed by atoms with Crippen molar-refractivity contribution >= 4 is 34.4 Å². The van der Waals surface area contributed by atoms with Crippen molar-refractivity contribution < 1.29 is 9.21 Å². The van der Waals surface area contributed by atoms with Crippen molar-refractivity contribution in [3.8, 4) is 22.7 Å². The number of anilines is 1. The molecule has 8 heteroatoms. The molecule has 136 valence electrons. The highest BCUT2D eigenvalue weighted by atomic mass is 35.5. The van der Waals surface area contributed by atoms with Gasteiger partial charge in [0.1, 0.15) is 11.2 Å². The summed E-state index contributed by atoms with van der Waals surface area (Å²) < 4.78 is 5.85. The van der Waals surface area contributed by atoms with Crippen LogP contribution in [0.15, 0.2) is 53.1 Å². The molecule has 0 saturated carbocycles. The summed E-state index contributed by atoms with van der Waals surface area (Å²) in [6, 6.07) is 12.4. The monoisotopic (exact) mass is 381 g/mol. The van der Waals surface area contributed by atoms with E-state index in [0.717, 1.165) is 11.1 Å². The van der Waals surface area contributed by atoms with Gasteiger partial charge in [-0.15, -0.1) is 0 Å². The lowest BCUT2D eigenvalue weighted by atomic mass is 10.1. The Labute approximate surface area is 159 Å². The fourth-order valence-electron chi connectivity index (χ4n) is 2.77. The molecule has 2 amide bonds. The van der Waals surface area contributed by atoms with Crippen LogP contribution in [-0.4, -0.2) is 27.8 Å². The predicted molar refractivity (Wildman–Crippen MR) is 105 cm³/mol. The molecule has 7 nitrogen and oxygen atoms in total. The molecule has 0 aliphatic carbocycles. The van der Waals surface area contributed by atoms with E-state index in [2.05, 4.69) is 25.8 Å². The first-order valence-electron chi connectivity index (χ1n) is 8.39. The molecule has 0 radical (unpaired) electrons. The molecule has 0 bridgehead atoms. The number of amides is 2. The van der Waals surface area contributed by atoms with Gasteiger partial charge in [0.05, 0.1) is 5.56 Å². The molecule has 27 heavy (non-hydrogen) atoms. The van der Waals surface area contributed by atoms with E-state index >= 15 is 0 Å². The first kappa shape index (κ1) is 17.1. The van der Waals surface area contributed by atoms with Crippen LogP contribution in [-0.2, 0) is 0 Å². The summed E-state index contributed by atoms with van der Waals surface area (Å²) in [5.41, 5.74) is 4.20. The number of aromatic nitrogens is 3. The molecule has 2 aromatic heterocycles. The van der Waals surface area contributed by atoms with Gasteiger partial charge in [-0.05, 0) is 37.3 Å². The van der Waals surface area contributed by atoms with E-state index in [9.17, 15) is 4.79 Å². The number of halogens is 1. The predicted octanol–water partition coefficient (Wildman–Crippen LogP) is 4.68. The van der Waals surface area contributed by atoms with Crippen molar-refractivity contribution in [1.82, 2.24) is 20.5 Å². The fraction of sp³-hybridized carbons (Fsp3) is 0.105. The minimum absolute atomic E-state index is 0.257. The van der Waals surface area contributed by atoms with Crippen LogP contribution in [0.25, 0.3) is 33.8 Å². The lowest BCUT2D eigenvalue weighted by Crippen LogP contribution is -2.28. The van der Waals surface area contributed by atoms with Crippen LogP contribution in [0.5, 0.6) is 0 Å². The smallest absolute Gasteiger partial charge is 0.319 e. The summed E-state index contributed by atoms with van der Waals surface area (Å²) in [6.07, 6.45) is 1.73. The molecule has 4 aromatic rings. The van der Waals surface area contributed by atoms with Crippen molar-refractivity contribution in [1.29, 1.82) is 0 Å². The summed E-state index contributed by atoms with van der Waals surface area (Å²) >= 11 is 6.02. The Balaban J connectivity index is 1.70. The lowest BCUT2D eigenvalue weighted by molar-refractivity contribution is 0.252. The Hall–Kier alpha value is -3.32. The van der Waals surface area contributed by atoms with Gasteiger partial charge in [-0.2, -0.15) is 5.10 Å². The van der Waals surface area contributed by atoms with Gasteiger partial charge >= 0.3 is 6.03 Å². The van der Waals surface area contributed by atoms with Crippen molar-refractivity contribution in [2.45, 2.75) is 6.92 Å². The number of benzene rings is 2. The van der Waals surface area contributed by atoms with Gasteiger partial charge in [0.25, 0.3) is 0 Å². The molecule has 4 rings (SSSR count). The van der Waals surface area contributed by atoms with Crippen LogP contribution in [0.1, 0.15) is 6.92 Å². The van der Waals surface area contributed by atoms with E-state index in [1.165, 1.54) is 0 Å². The van der Waals surface area contributed by atoms with Crippen LogP contribution in [0.3, 0.4) is 0 Å². The number of aromatic amines is 1. The Morgan fingerprint density at radius 1 is 1.26 bits per heavy atom. The maximum Gasteiger partial charge on any atom is 0.319 e. The van der Waals surface area contributed by atoms with Crippen molar-refractivity contribution in [2.75, 3.05) is 11.9 Å². The van der Waals surface area contributed by atoms with Gasteiger partial charge in [-0.3, -0.25) is 5.10 Å². The number of nitrogens with one attached hydrogen (secondary N) is 3. The number of carbonyl (C=O) groups excluding carboxylic acids is 1. The molecule has 0 aliphatic rings. The summed E-state index contributed by atoms with van der Waals surface area (Å²) in [5.74, 6) is 0.443. The van der Waals surface area contributed by atoms with Crippen molar-refractivity contribution in [3.05, 3.63) is 53.7 Å². The van der Waals surface area contributed by atoms with Crippen molar-refractivity contribution in [2.24, 2.45) is 0 Å². The molecular formula is C19H16ClN5O2. The summed E-state index contributed by atoms with van der Waals surface area (Å²) in [7, 11) is 0. The molecule has 0 atom stereocenters. The van der Waals surface area contributed by atoms with Gasteiger partial charge < -0.3 is 15.1 Å². The lowest BCUT2D eigenvalue weighted by Gasteiger charge is -2.07. The van der Waals surface area contributed by atoms with Gasteiger partial charge in [0, 0.05) is 29.0 Å². The van der Waals surface area contributed by atoms with Crippen LogP contribution in [0.4, 0.5) is 10.5 Å². The van der Waals surface area contributed by atoms with Gasteiger partial charge in [-0.25, -0.2) is 9.78 Å². The molecule has 2 heterocycles. The normalized spacial score (nSPS) is 10.9. The van der Waals surface area contributed by atoms with E-state index in [1.807, 2.05) is 31.2 Å². The quantitative estimate of drug-likeness (QED) is 0.478. The topological polar surface area (TPSA) is 95.8 Å². The van der Waals surface area contributed by atoms with E-state index in [-0.39, 0.29) is 6.03 Å². The molecule has 0 saturated heterocycles. The van der Waals surface area contributed by atoms with Crippen LogP contribution >= 0.6 is 11.6 Å². The van der Waals surface area contributed by atoms with E-state index in [4.69, 9.17) is 16.0 Å². The summed E-state index contributed by atoms with van der Waals surface area (Å²) in [6.45, 7) is 2.41. The van der Waals surface area contributed by atoms with Crippen LogP contribution in [0.2, 0.25) is 5.02 Å². The highest BCUT2D eigenvalue weighted by molar-refractivity contribution is 6.31. The fourth-order valence-corrected chi connectivity index (χ4v) is 2.94. The Morgan fingerprint density at radius 2 is 2.15 bits per heavy atom. The third-order valence-corrected chi connectivity index (χ3v) is 4.19. The molecule has 0 aliphatic heterocycles. The SMILES string of the molecule is CCNC(=O)Nc1cccc(-c2n[nH]cc2-c2nc3cc(Cl)ccc3o2)c1. The van der Waals surface area contributed by atoms with Gasteiger partial charge in [-0.1, -0.05) is 23.7 Å². The summed E-state index contributed by atoms with van der Waals surface area (Å²) in [5, 5.41) is 13.3. The second-order valence-corrected chi connectivity index (χ2v) is 6.28. The Morgan fingerprint density at radius 3 is 3.00 bits per heavy atom. The second-order valence-electron chi connectivity index (χ2n) is 5.84. The minimum Gasteiger partial charge on any atom is -0.436 e. The zero-order chi connectivity index (χ0) is 18.8. The van der Waals surface area contributed by atoms with Crippen molar-refractivity contribution in [3.63, 3.8) is 0 Å². The molecule has 2 aromatic carbocycles. The molecule has 0 spiro atoms. The number of fused-ring (bicyclic) bond motifs is 1. The average Bonchev–Trinajstić information content (AvgIpc) is 3.28. The van der Waals surface area contributed by atoms with Crippen LogP contribution < -0.4 is 10.6 Å². The number of hydrogen-bond acceptors (Lipinski definition) is 4. The Bertz CT molecular complexity index is 1120. The Kier molecular flexibility index (Phi) is 4.52. The zero-order valence-corrected chi connectivity index (χ0v) is 15.2. The van der Waals surface area contributed by atoms with Crippen LogP contribution in [0, 0.1) is 0 Å². The average molecular weight is 382 g/mol. The molecular weight excluding hydrogens is 366 g/mol. The highest BCUT2D eigenvalue weighted by Crippen LogP contribution is 2.33. The third kappa shape index (κ3) is 3.50. The molecule has 3 N–H and O–H groups in total. The number of carbonyl (C=O) groups is 1. The van der Waals surface area contributed by atoms with Gasteiger partial charge in [0.2, 0.25) is 5.89 Å². The third-order valence-electron chi connectivity index (χ3n) is 3.95. The molecule has 0 fully saturated rings. The summed E-state index contributed by atoms with van der Waals surface area (Å²) in [4.78, 5) is 16.3. The highest BCUT2D eigenvalue weighted by Gasteiger charge is 2.17.